The predicted molar refractivity (Wildman–Crippen MR) is 123 cm³/mol. The summed E-state index contributed by atoms with van der Waals surface area (Å²) in [4.78, 5) is 13.1. The summed E-state index contributed by atoms with van der Waals surface area (Å²) in [5.41, 5.74) is 7.59. The largest absolute Gasteiger partial charge is 0.495 e. The summed E-state index contributed by atoms with van der Waals surface area (Å²) in [5, 5.41) is 31.6. The Morgan fingerprint density at radius 2 is 2.03 bits per heavy atom. The first kappa shape index (κ1) is 22.0. The molecule has 3 aromatic rings. The second kappa shape index (κ2) is 9.13. The van der Waals surface area contributed by atoms with Gasteiger partial charge in [0, 0.05) is 43.0 Å². The molecule has 1 aliphatic heterocycles. The maximum Gasteiger partial charge on any atom is 0.292 e. The molecule has 4 rings (SSSR count). The van der Waals surface area contributed by atoms with Crippen molar-refractivity contribution in [3.8, 4) is 5.75 Å². The van der Waals surface area contributed by atoms with E-state index < -0.39 is 4.92 Å². The van der Waals surface area contributed by atoms with Gasteiger partial charge in [-0.25, -0.2) is 0 Å². The van der Waals surface area contributed by atoms with E-state index in [1.165, 1.54) is 6.07 Å². The van der Waals surface area contributed by atoms with Gasteiger partial charge in [-0.2, -0.15) is 5.10 Å². The van der Waals surface area contributed by atoms with E-state index >= 15 is 0 Å². The number of nitrogen functional groups attached to an aromatic ring is 1. The molecule has 0 saturated carbocycles. The Kier molecular flexibility index (Phi) is 6.29. The van der Waals surface area contributed by atoms with Crippen LogP contribution >= 0.6 is 11.6 Å². The zero-order chi connectivity index (χ0) is 22.8. The number of hydrogen-bond acceptors (Lipinski definition) is 8. The Morgan fingerprint density at radius 1 is 1.28 bits per heavy atom. The van der Waals surface area contributed by atoms with Crippen molar-refractivity contribution in [3.63, 3.8) is 0 Å². The Hall–Kier alpha value is -3.17. The average Bonchev–Trinajstić information content (AvgIpc) is 2.79. The number of fused-ring (bicyclic) bond motifs is 1. The van der Waals surface area contributed by atoms with Crippen LogP contribution in [0.2, 0.25) is 5.02 Å². The number of aliphatic hydroxyl groups excluding tert-OH is 1. The molecule has 0 amide bonds. The van der Waals surface area contributed by atoms with Crippen molar-refractivity contribution in [2.45, 2.75) is 19.3 Å². The smallest absolute Gasteiger partial charge is 0.292 e. The summed E-state index contributed by atoms with van der Waals surface area (Å²) >= 11 is 6.26. The minimum atomic E-state index is -0.490. The van der Waals surface area contributed by atoms with Gasteiger partial charge in [0.1, 0.15) is 11.4 Å². The average molecular weight is 458 g/mol. The molecule has 10 heteroatoms. The number of ether oxygens (including phenoxy) is 1. The molecule has 9 nitrogen and oxygen atoms in total. The van der Waals surface area contributed by atoms with Gasteiger partial charge in [0.2, 0.25) is 0 Å². The molecule has 1 saturated heterocycles. The SMILES string of the molecule is COc1ccc(Cc2nnc(N3CCC(CO)CC3)c3ccc([N+](=O)[O-])c(N)c23)cc1Cl. The molecule has 2 aromatic carbocycles. The molecule has 32 heavy (non-hydrogen) atoms. The summed E-state index contributed by atoms with van der Waals surface area (Å²) in [6.07, 6.45) is 2.04. The quantitative estimate of drug-likeness (QED) is 0.326. The zero-order valence-corrected chi connectivity index (χ0v) is 18.4. The number of aromatic nitrogens is 2. The Morgan fingerprint density at radius 3 is 2.66 bits per heavy atom. The van der Waals surface area contributed by atoms with Crippen molar-refractivity contribution in [1.82, 2.24) is 10.2 Å². The van der Waals surface area contributed by atoms with Crippen LogP contribution in [0.5, 0.6) is 5.75 Å². The van der Waals surface area contributed by atoms with Crippen LogP contribution in [0.1, 0.15) is 24.1 Å². The van der Waals surface area contributed by atoms with E-state index in [9.17, 15) is 15.2 Å². The van der Waals surface area contributed by atoms with Crippen LogP contribution < -0.4 is 15.4 Å². The minimum Gasteiger partial charge on any atom is -0.495 e. The van der Waals surface area contributed by atoms with Crippen molar-refractivity contribution < 1.29 is 14.8 Å². The number of nitro benzene ring substituents is 1. The third-order valence-corrected chi connectivity index (χ3v) is 6.27. The van der Waals surface area contributed by atoms with E-state index in [0.29, 0.717) is 34.1 Å². The molecule has 168 valence electrons. The summed E-state index contributed by atoms with van der Waals surface area (Å²) in [7, 11) is 1.54. The summed E-state index contributed by atoms with van der Waals surface area (Å²) in [6.45, 7) is 1.61. The zero-order valence-electron chi connectivity index (χ0n) is 17.6. The van der Waals surface area contributed by atoms with Gasteiger partial charge in [0.15, 0.2) is 5.82 Å². The summed E-state index contributed by atoms with van der Waals surface area (Å²) < 4.78 is 5.20. The number of rotatable bonds is 6. The van der Waals surface area contributed by atoms with Gasteiger partial charge in [-0.1, -0.05) is 17.7 Å². The number of piperidine rings is 1. The normalized spacial score (nSPS) is 14.7. The fourth-order valence-corrected chi connectivity index (χ4v) is 4.45. The molecule has 2 heterocycles. The summed E-state index contributed by atoms with van der Waals surface area (Å²) in [6, 6.07) is 8.50. The molecule has 0 aliphatic carbocycles. The lowest BCUT2D eigenvalue weighted by atomic mass is 9.97. The number of anilines is 2. The van der Waals surface area contributed by atoms with Crippen molar-refractivity contribution in [2.75, 3.05) is 37.4 Å². The maximum atomic E-state index is 11.5. The Bertz CT molecular complexity index is 1160. The molecule has 0 spiro atoms. The highest BCUT2D eigenvalue weighted by Crippen LogP contribution is 2.38. The van der Waals surface area contributed by atoms with Crippen LogP contribution in [-0.2, 0) is 6.42 Å². The lowest BCUT2D eigenvalue weighted by Gasteiger charge is -2.32. The predicted octanol–water partition coefficient (Wildman–Crippen LogP) is 3.58. The van der Waals surface area contributed by atoms with Crippen LogP contribution in [-0.4, -0.2) is 47.0 Å². The number of halogens is 1. The van der Waals surface area contributed by atoms with Gasteiger partial charge in [-0.15, -0.1) is 5.10 Å². The monoisotopic (exact) mass is 457 g/mol. The Balaban J connectivity index is 1.80. The number of nitro groups is 1. The lowest BCUT2D eigenvalue weighted by molar-refractivity contribution is -0.383. The van der Waals surface area contributed by atoms with Crippen LogP contribution in [0.25, 0.3) is 10.8 Å². The first-order valence-electron chi connectivity index (χ1n) is 10.3. The van der Waals surface area contributed by atoms with E-state index in [2.05, 4.69) is 15.1 Å². The first-order chi connectivity index (χ1) is 15.4. The third kappa shape index (κ3) is 4.13. The number of methoxy groups -OCH3 is 1. The highest BCUT2D eigenvalue weighted by atomic mass is 35.5. The van der Waals surface area contributed by atoms with E-state index in [1.807, 2.05) is 6.07 Å². The van der Waals surface area contributed by atoms with Crippen molar-refractivity contribution >= 4 is 39.6 Å². The highest BCUT2D eigenvalue weighted by molar-refractivity contribution is 6.32. The van der Waals surface area contributed by atoms with Gasteiger partial charge >= 0.3 is 0 Å². The van der Waals surface area contributed by atoms with Gasteiger partial charge in [0.25, 0.3) is 5.69 Å². The third-order valence-electron chi connectivity index (χ3n) is 5.97. The van der Waals surface area contributed by atoms with E-state index in [-0.39, 0.29) is 23.9 Å². The summed E-state index contributed by atoms with van der Waals surface area (Å²) in [5.74, 6) is 1.48. The topological polar surface area (TPSA) is 128 Å². The number of hydrogen-bond donors (Lipinski definition) is 2. The molecular weight excluding hydrogens is 434 g/mol. The van der Waals surface area contributed by atoms with Crippen LogP contribution in [0.4, 0.5) is 17.2 Å². The standard InChI is InChI=1S/C22H24ClN5O4/c1-32-19-5-2-14(10-16(19)23)11-17-20-15(3-4-18(21(20)24)28(30)31)22(26-25-17)27-8-6-13(12-29)7-9-27/h2-5,10,13,29H,6-9,11-12,24H2,1H3. The van der Waals surface area contributed by atoms with Crippen LogP contribution in [0.15, 0.2) is 30.3 Å². The molecule has 3 N–H and O–H groups in total. The molecule has 0 atom stereocenters. The van der Waals surface area contributed by atoms with Gasteiger partial charge in [0.05, 0.1) is 22.7 Å². The van der Waals surface area contributed by atoms with Crippen molar-refractivity contribution in [1.29, 1.82) is 0 Å². The van der Waals surface area contributed by atoms with Gasteiger partial charge in [-0.3, -0.25) is 10.1 Å². The van der Waals surface area contributed by atoms with E-state index in [4.69, 9.17) is 22.1 Å². The van der Waals surface area contributed by atoms with Crippen molar-refractivity contribution in [3.05, 3.63) is 56.7 Å². The lowest BCUT2D eigenvalue weighted by Crippen LogP contribution is -2.35. The number of nitrogens with two attached hydrogens (primary N) is 1. The molecule has 0 radical (unpaired) electrons. The van der Waals surface area contributed by atoms with Crippen LogP contribution in [0.3, 0.4) is 0 Å². The Labute approximate surface area is 189 Å². The highest BCUT2D eigenvalue weighted by Gasteiger charge is 2.25. The fraction of sp³-hybridized carbons (Fsp3) is 0.364. The molecule has 0 unspecified atom stereocenters. The molecule has 1 aromatic heterocycles. The van der Waals surface area contributed by atoms with E-state index in [0.717, 1.165) is 36.9 Å². The number of benzene rings is 2. The second-order valence-electron chi connectivity index (χ2n) is 7.91. The van der Waals surface area contributed by atoms with Crippen molar-refractivity contribution in [2.24, 2.45) is 5.92 Å². The number of aliphatic hydroxyl groups is 1. The van der Waals surface area contributed by atoms with Gasteiger partial charge < -0.3 is 20.5 Å². The fourth-order valence-electron chi connectivity index (χ4n) is 4.17. The molecule has 1 fully saturated rings. The van der Waals surface area contributed by atoms with Gasteiger partial charge in [-0.05, 0) is 42.5 Å². The number of nitrogens with zero attached hydrogens (tertiary/aromatic N) is 4. The molecule has 1 aliphatic rings. The minimum absolute atomic E-state index is 0.0727. The van der Waals surface area contributed by atoms with E-state index in [1.54, 1.807) is 25.3 Å². The first-order valence-corrected chi connectivity index (χ1v) is 10.7. The van der Waals surface area contributed by atoms with Crippen LogP contribution in [0, 0.1) is 16.0 Å². The second-order valence-corrected chi connectivity index (χ2v) is 8.31. The molecule has 0 bridgehead atoms. The molecular formula is C22H24ClN5O4. The maximum absolute atomic E-state index is 11.5.